The Labute approximate surface area is 607 Å². The van der Waals surface area contributed by atoms with Crippen LogP contribution in [0.4, 0.5) is 0 Å². The van der Waals surface area contributed by atoms with Gasteiger partial charge in [-0.15, -0.1) is 0 Å². The number of hydrogen-bond acceptors (Lipinski definition) is 7. The van der Waals surface area contributed by atoms with Crippen molar-refractivity contribution >= 4 is 19.8 Å². The number of carbonyl (C=O) groups excluding carboxylic acids is 2. The average Bonchev–Trinajstić information content (AvgIpc) is 1.08. The van der Waals surface area contributed by atoms with Crippen molar-refractivity contribution in [1.82, 2.24) is 0 Å². The number of unbranched alkanes of at least 4 members (excludes halogenated alkanes) is 42. The smallest absolute Gasteiger partial charge is 0.462 e. The molecule has 0 aliphatic heterocycles. The summed E-state index contributed by atoms with van der Waals surface area (Å²) in [5.74, 6) is -0.785. The molecule has 10 heteroatoms. The highest BCUT2D eigenvalue weighted by molar-refractivity contribution is 7.47. The number of ether oxygens (including phenoxy) is 2. The van der Waals surface area contributed by atoms with Gasteiger partial charge >= 0.3 is 19.8 Å². The van der Waals surface area contributed by atoms with Crippen molar-refractivity contribution in [2.24, 2.45) is 0 Å². The zero-order valence-corrected chi connectivity index (χ0v) is 65.6. The second kappa shape index (κ2) is 77.6. The lowest BCUT2D eigenvalue weighted by Crippen LogP contribution is -2.37. The van der Waals surface area contributed by atoms with Crippen LogP contribution in [0.3, 0.4) is 0 Å². The van der Waals surface area contributed by atoms with Crippen LogP contribution >= 0.6 is 7.82 Å². The van der Waals surface area contributed by atoms with E-state index in [0.29, 0.717) is 17.4 Å². The van der Waals surface area contributed by atoms with E-state index in [4.69, 9.17) is 18.5 Å². The number of carbonyl (C=O) groups is 2. The second-order valence-electron chi connectivity index (χ2n) is 28.8. The van der Waals surface area contributed by atoms with E-state index in [1.807, 2.05) is 21.1 Å². The predicted molar refractivity (Wildman–Crippen MR) is 427 cm³/mol. The van der Waals surface area contributed by atoms with Crippen molar-refractivity contribution in [3.63, 3.8) is 0 Å². The minimum Gasteiger partial charge on any atom is -0.462 e. The zero-order valence-electron chi connectivity index (χ0n) is 64.8. The maximum absolute atomic E-state index is 12.9. The largest absolute Gasteiger partial charge is 0.472 e. The zero-order chi connectivity index (χ0) is 71.1. The summed E-state index contributed by atoms with van der Waals surface area (Å²) in [5.41, 5.74) is 0. The number of phosphoric acid groups is 1. The van der Waals surface area contributed by atoms with Crippen LogP contribution in [0.1, 0.15) is 373 Å². The van der Waals surface area contributed by atoms with Gasteiger partial charge in [0.05, 0.1) is 27.7 Å². The molecular weight excluding hydrogens is 1230 g/mol. The third kappa shape index (κ3) is 81.4. The Bertz CT molecular complexity index is 2070. The molecule has 0 radical (unpaired) electrons. The lowest BCUT2D eigenvalue weighted by atomic mass is 10.0. The van der Waals surface area contributed by atoms with Gasteiger partial charge < -0.3 is 18.9 Å². The van der Waals surface area contributed by atoms with E-state index in [2.05, 4.69) is 135 Å². The van der Waals surface area contributed by atoms with Crippen LogP contribution in [0.15, 0.2) is 122 Å². The molecule has 98 heavy (non-hydrogen) atoms. The number of nitrogens with zero attached hydrogens (tertiary/aromatic N) is 1. The van der Waals surface area contributed by atoms with Crippen LogP contribution in [0.25, 0.3) is 0 Å². The summed E-state index contributed by atoms with van der Waals surface area (Å²) in [4.78, 5) is 36.0. The van der Waals surface area contributed by atoms with Gasteiger partial charge in [0, 0.05) is 12.8 Å². The van der Waals surface area contributed by atoms with E-state index in [-0.39, 0.29) is 32.0 Å². The van der Waals surface area contributed by atoms with Gasteiger partial charge in [-0.1, -0.05) is 373 Å². The van der Waals surface area contributed by atoms with Crippen molar-refractivity contribution < 1.29 is 42.1 Å². The van der Waals surface area contributed by atoms with Gasteiger partial charge in [-0.3, -0.25) is 18.6 Å². The fourth-order valence-electron chi connectivity index (χ4n) is 11.7. The Morgan fingerprint density at radius 3 is 0.867 bits per heavy atom. The van der Waals surface area contributed by atoms with Gasteiger partial charge in [-0.2, -0.15) is 0 Å². The van der Waals surface area contributed by atoms with Crippen molar-refractivity contribution in [3.8, 4) is 0 Å². The van der Waals surface area contributed by atoms with Crippen LogP contribution in [-0.2, 0) is 32.7 Å². The van der Waals surface area contributed by atoms with E-state index < -0.39 is 26.5 Å². The Morgan fingerprint density at radius 1 is 0.327 bits per heavy atom. The van der Waals surface area contributed by atoms with Crippen molar-refractivity contribution in [2.45, 2.75) is 380 Å². The summed E-state index contributed by atoms with van der Waals surface area (Å²) in [7, 11) is 1.48. The maximum Gasteiger partial charge on any atom is 0.472 e. The lowest BCUT2D eigenvalue weighted by Gasteiger charge is -2.24. The van der Waals surface area contributed by atoms with Crippen molar-refractivity contribution in [3.05, 3.63) is 122 Å². The third-order valence-corrected chi connectivity index (χ3v) is 19.0. The Balaban J connectivity index is 3.95. The van der Waals surface area contributed by atoms with E-state index in [9.17, 15) is 19.0 Å². The Hall–Kier alpha value is -3.59. The minimum absolute atomic E-state index is 0.0297. The Morgan fingerprint density at radius 2 is 0.582 bits per heavy atom. The summed E-state index contributed by atoms with van der Waals surface area (Å²) in [6.07, 6.45) is 112. The lowest BCUT2D eigenvalue weighted by molar-refractivity contribution is -0.870. The van der Waals surface area contributed by atoms with Crippen LogP contribution in [0, 0.1) is 0 Å². The molecule has 0 heterocycles. The minimum atomic E-state index is -4.40. The molecule has 0 aromatic heterocycles. The van der Waals surface area contributed by atoms with E-state index >= 15 is 0 Å². The SMILES string of the molecule is CC/C=C\C/C=C\C/C=C\C/C=C\C/C=C\C/C=C\C/C=C\CCCCCCCCCCCCCCCCCC(=O)OC(COC(=O)CCCCCCCCCCCCCCCCCCCCCCCC/C=C\C/C=C\C/C=C\CCCCCCC)COP(=O)(O)OCC[N+](C)(C)C. The maximum atomic E-state index is 12.9. The van der Waals surface area contributed by atoms with E-state index in [1.165, 1.54) is 244 Å². The highest BCUT2D eigenvalue weighted by atomic mass is 31.2. The standard InChI is InChI=1S/C88H156NO8P/c1-6-8-10-12-14-16-18-20-22-24-26-28-30-32-34-36-38-40-42-44-46-48-50-52-54-56-58-60-62-64-66-68-70-72-74-76-78-80-87(90)94-84-86(85-96-98(92,93)95-83-82-89(3,4)5)97-88(91)81-79-77-75-73-71-69-67-65-63-61-59-57-55-53-51-49-47-45-43-41-39-37-35-33-31-29-27-25-23-21-19-17-15-13-11-9-7-2/h9,11,15,17-18,20-21,23-24,26-27,29-30,32-33,35,39,41,45,47,86H,6-8,10,12-14,16,19,22,25,28,31,34,36-38,40,42-44,46,48-85H2,1-5H3/p+1/b11-9-,17-15-,20-18-,23-21-,26-24-,29-27-,32-30-,35-33-,41-39-,47-45-. The summed E-state index contributed by atoms with van der Waals surface area (Å²) in [5, 5.41) is 0. The molecule has 2 unspecified atom stereocenters. The number of rotatable bonds is 76. The summed E-state index contributed by atoms with van der Waals surface area (Å²) >= 11 is 0. The highest BCUT2D eigenvalue weighted by Crippen LogP contribution is 2.43. The summed E-state index contributed by atoms with van der Waals surface area (Å²) in [6.45, 7) is 4.35. The van der Waals surface area contributed by atoms with Crippen molar-refractivity contribution in [2.75, 3.05) is 47.5 Å². The number of esters is 2. The number of phosphoric ester groups is 1. The molecule has 0 aliphatic carbocycles. The molecule has 0 amide bonds. The second-order valence-corrected chi connectivity index (χ2v) is 30.2. The van der Waals surface area contributed by atoms with Crippen LogP contribution in [0.5, 0.6) is 0 Å². The fraction of sp³-hybridized carbons (Fsp3) is 0.750. The molecule has 566 valence electrons. The Kier molecular flexibility index (Phi) is 74.7. The molecule has 0 aromatic carbocycles. The topological polar surface area (TPSA) is 108 Å². The normalized spacial score (nSPS) is 13.7. The quantitative estimate of drug-likeness (QED) is 0.0211. The predicted octanol–water partition coefficient (Wildman–Crippen LogP) is 27.7. The average molecular weight is 1390 g/mol. The fourth-order valence-corrected chi connectivity index (χ4v) is 12.5. The highest BCUT2D eigenvalue weighted by Gasteiger charge is 2.27. The number of hydrogen-bond donors (Lipinski definition) is 1. The number of allylic oxidation sites excluding steroid dienone is 20. The molecule has 0 saturated heterocycles. The molecular formula is C88H157NO8P+. The first-order valence-corrected chi connectivity index (χ1v) is 42.8. The molecule has 0 rings (SSSR count). The van der Waals surface area contributed by atoms with Crippen LogP contribution < -0.4 is 0 Å². The van der Waals surface area contributed by atoms with Gasteiger partial charge in [0.2, 0.25) is 0 Å². The van der Waals surface area contributed by atoms with Crippen LogP contribution in [0.2, 0.25) is 0 Å². The van der Waals surface area contributed by atoms with Gasteiger partial charge in [-0.05, 0) is 109 Å². The van der Waals surface area contributed by atoms with Gasteiger partial charge in [-0.25, -0.2) is 4.57 Å². The first-order valence-electron chi connectivity index (χ1n) is 41.3. The molecule has 0 fully saturated rings. The summed E-state index contributed by atoms with van der Waals surface area (Å²) in [6, 6.07) is 0. The molecule has 2 atom stereocenters. The first-order chi connectivity index (χ1) is 48.0. The molecule has 0 saturated carbocycles. The molecule has 1 N–H and O–H groups in total. The first kappa shape index (κ1) is 94.4. The third-order valence-electron chi connectivity index (χ3n) is 18.0. The monoisotopic (exact) mass is 1390 g/mol. The molecule has 9 nitrogen and oxygen atoms in total. The van der Waals surface area contributed by atoms with Crippen molar-refractivity contribution in [1.29, 1.82) is 0 Å². The van der Waals surface area contributed by atoms with Gasteiger partial charge in [0.25, 0.3) is 0 Å². The molecule has 0 spiro atoms. The van der Waals surface area contributed by atoms with Gasteiger partial charge in [0.1, 0.15) is 19.8 Å². The van der Waals surface area contributed by atoms with Gasteiger partial charge in [0.15, 0.2) is 6.10 Å². The molecule has 0 aliphatic rings. The number of likely N-dealkylation sites (N-methyl/N-ethyl adjacent to an activating group) is 1. The van der Waals surface area contributed by atoms with E-state index in [0.717, 1.165) is 96.3 Å². The number of quaternary nitrogens is 1. The van der Waals surface area contributed by atoms with E-state index in [1.54, 1.807) is 0 Å². The molecule has 0 aromatic rings. The van der Waals surface area contributed by atoms with Crippen LogP contribution in [-0.4, -0.2) is 74.9 Å². The summed E-state index contributed by atoms with van der Waals surface area (Å²) < 4.78 is 34.9. The molecule has 0 bridgehead atoms.